The van der Waals surface area contributed by atoms with Gasteiger partial charge in [-0.2, -0.15) is 0 Å². The van der Waals surface area contributed by atoms with E-state index in [9.17, 15) is 0 Å². The lowest BCUT2D eigenvalue weighted by atomic mass is 10.2. The third kappa shape index (κ3) is 4.67. The molecule has 1 aromatic heterocycles. The van der Waals surface area contributed by atoms with Crippen molar-refractivity contribution in [1.82, 2.24) is 10.3 Å². The van der Waals surface area contributed by atoms with E-state index in [1.807, 2.05) is 30.5 Å². The minimum atomic E-state index is 0.485. The molecule has 2 aromatic rings. The predicted molar refractivity (Wildman–Crippen MR) is 81.7 cm³/mol. The average molecular weight is 270 g/mol. The monoisotopic (exact) mass is 270 g/mol. The summed E-state index contributed by atoms with van der Waals surface area (Å²) in [6.07, 6.45) is 1.91. The molecule has 0 spiro atoms. The molecule has 0 saturated carbocycles. The molecule has 3 nitrogen and oxygen atoms in total. The third-order valence-electron chi connectivity index (χ3n) is 2.98. The van der Waals surface area contributed by atoms with Crippen LogP contribution in [0.5, 0.6) is 5.75 Å². The summed E-state index contributed by atoms with van der Waals surface area (Å²) in [7, 11) is 0. The molecule has 0 saturated heterocycles. The minimum absolute atomic E-state index is 0.485. The first-order valence-electron chi connectivity index (χ1n) is 7.00. The van der Waals surface area contributed by atoms with E-state index in [2.05, 4.69) is 43.2 Å². The molecule has 0 amide bonds. The number of aromatic nitrogens is 1. The number of hydrogen-bond acceptors (Lipinski definition) is 3. The Labute approximate surface area is 121 Å². The number of hydrogen-bond donors (Lipinski definition) is 1. The van der Waals surface area contributed by atoms with Gasteiger partial charge in [0.2, 0.25) is 0 Å². The van der Waals surface area contributed by atoms with Gasteiger partial charge in [0.15, 0.2) is 0 Å². The summed E-state index contributed by atoms with van der Waals surface area (Å²) in [6.45, 7) is 7.68. The Kier molecular flexibility index (Phi) is 5.13. The maximum absolute atomic E-state index is 5.73. The molecule has 2 rings (SSSR count). The minimum Gasteiger partial charge on any atom is -0.487 e. The van der Waals surface area contributed by atoms with Gasteiger partial charge in [0.05, 0.1) is 5.69 Å². The van der Waals surface area contributed by atoms with Crippen molar-refractivity contribution in [3.05, 3.63) is 59.4 Å². The second kappa shape index (κ2) is 7.06. The first-order valence-corrected chi connectivity index (χ1v) is 7.00. The zero-order valence-electron chi connectivity index (χ0n) is 12.4. The maximum atomic E-state index is 5.73. The zero-order chi connectivity index (χ0) is 14.4. The molecule has 0 atom stereocenters. The lowest BCUT2D eigenvalue weighted by Crippen LogP contribution is -2.21. The Bertz CT molecular complexity index is 535. The van der Waals surface area contributed by atoms with Gasteiger partial charge in [-0.3, -0.25) is 4.98 Å². The van der Waals surface area contributed by atoms with Gasteiger partial charge >= 0.3 is 0 Å². The van der Waals surface area contributed by atoms with Gasteiger partial charge in [-0.05, 0) is 36.2 Å². The van der Waals surface area contributed by atoms with Crippen LogP contribution in [-0.4, -0.2) is 11.0 Å². The number of pyridine rings is 1. The molecule has 0 aliphatic heterocycles. The van der Waals surface area contributed by atoms with E-state index in [0.717, 1.165) is 18.0 Å². The van der Waals surface area contributed by atoms with Gasteiger partial charge in [0.1, 0.15) is 12.4 Å². The quantitative estimate of drug-likeness (QED) is 0.872. The summed E-state index contributed by atoms with van der Waals surface area (Å²) >= 11 is 0. The molecule has 0 unspecified atom stereocenters. The van der Waals surface area contributed by atoms with Crippen LogP contribution >= 0.6 is 0 Å². The standard InChI is InChI=1S/C17H22N2O/c1-13(2)18-10-15-7-8-16(19-11-15)12-20-17-6-4-5-14(3)9-17/h4-9,11,13,18H,10,12H2,1-3H3. The van der Waals surface area contributed by atoms with E-state index in [0.29, 0.717) is 12.6 Å². The van der Waals surface area contributed by atoms with Crippen LogP contribution in [0.25, 0.3) is 0 Å². The van der Waals surface area contributed by atoms with Crippen molar-refractivity contribution < 1.29 is 4.74 Å². The van der Waals surface area contributed by atoms with Crippen molar-refractivity contribution in [2.24, 2.45) is 0 Å². The molecule has 1 heterocycles. The molecular formula is C17H22N2O. The Hall–Kier alpha value is -1.87. The normalized spacial score (nSPS) is 10.8. The van der Waals surface area contributed by atoms with E-state index in [-0.39, 0.29) is 0 Å². The van der Waals surface area contributed by atoms with Crippen LogP contribution in [0.2, 0.25) is 0 Å². The summed E-state index contributed by atoms with van der Waals surface area (Å²) in [5, 5.41) is 3.37. The predicted octanol–water partition coefficient (Wildman–Crippen LogP) is 3.47. The van der Waals surface area contributed by atoms with Gasteiger partial charge in [-0.25, -0.2) is 0 Å². The molecule has 0 fully saturated rings. The highest BCUT2D eigenvalue weighted by molar-refractivity contribution is 5.27. The van der Waals surface area contributed by atoms with Crippen molar-refractivity contribution in [1.29, 1.82) is 0 Å². The summed E-state index contributed by atoms with van der Waals surface area (Å²) in [5.41, 5.74) is 3.34. The lowest BCUT2D eigenvalue weighted by molar-refractivity contribution is 0.301. The highest BCUT2D eigenvalue weighted by Gasteiger charge is 2.00. The summed E-state index contributed by atoms with van der Waals surface area (Å²) in [6, 6.07) is 12.7. The van der Waals surface area contributed by atoms with E-state index in [1.54, 1.807) is 0 Å². The topological polar surface area (TPSA) is 34.1 Å². The molecule has 0 bridgehead atoms. The van der Waals surface area contributed by atoms with Gasteiger partial charge in [0.25, 0.3) is 0 Å². The van der Waals surface area contributed by atoms with Crippen LogP contribution in [0.4, 0.5) is 0 Å². The van der Waals surface area contributed by atoms with Crippen molar-refractivity contribution in [2.75, 3.05) is 0 Å². The third-order valence-corrected chi connectivity index (χ3v) is 2.98. The SMILES string of the molecule is Cc1cccc(OCc2ccc(CNC(C)C)cn2)c1. The Balaban J connectivity index is 1.87. The van der Waals surface area contributed by atoms with Crippen LogP contribution in [0.3, 0.4) is 0 Å². The largest absolute Gasteiger partial charge is 0.487 e. The van der Waals surface area contributed by atoms with E-state index in [1.165, 1.54) is 11.1 Å². The van der Waals surface area contributed by atoms with Gasteiger partial charge in [0, 0.05) is 18.8 Å². The van der Waals surface area contributed by atoms with Crippen molar-refractivity contribution in [3.8, 4) is 5.75 Å². The first-order chi connectivity index (χ1) is 9.63. The first kappa shape index (κ1) is 14.5. The van der Waals surface area contributed by atoms with Crippen LogP contribution in [0, 0.1) is 6.92 Å². The van der Waals surface area contributed by atoms with E-state index in [4.69, 9.17) is 4.74 Å². The maximum Gasteiger partial charge on any atom is 0.130 e. The van der Waals surface area contributed by atoms with Gasteiger partial charge < -0.3 is 10.1 Å². The number of nitrogens with one attached hydrogen (secondary N) is 1. The fourth-order valence-corrected chi connectivity index (χ4v) is 1.83. The Morgan fingerprint density at radius 1 is 1.20 bits per heavy atom. The van der Waals surface area contributed by atoms with Crippen LogP contribution in [0.15, 0.2) is 42.6 Å². The molecular weight excluding hydrogens is 248 g/mol. The Morgan fingerprint density at radius 2 is 2.05 bits per heavy atom. The molecule has 3 heteroatoms. The Morgan fingerprint density at radius 3 is 2.70 bits per heavy atom. The van der Waals surface area contributed by atoms with E-state index < -0.39 is 0 Å². The number of aryl methyl sites for hydroxylation is 1. The fraction of sp³-hybridized carbons (Fsp3) is 0.353. The second-order valence-electron chi connectivity index (χ2n) is 5.30. The van der Waals surface area contributed by atoms with Crippen molar-refractivity contribution in [2.45, 2.75) is 40.0 Å². The molecule has 0 aliphatic carbocycles. The van der Waals surface area contributed by atoms with Crippen molar-refractivity contribution in [3.63, 3.8) is 0 Å². The summed E-state index contributed by atoms with van der Waals surface area (Å²) < 4.78 is 5.73. The molecule has 106 valence electrons. The van der Waals surface area contributed by atoms with Crippen LogP contribution in [0.1, 0.15) is 30.7 Å². The second-order valence-corrected chi connectivity index (χ2v) is 5.30. The average Bonchev–Trinajstić information content (AvgIpc) is 2.44. The van der Waals surface area contributed by atoms with E-state index >= 15 is 0 Å². The number of ether oxygens (including phenoxy) is 1. The van der Waals surface area contributed by atoms with Gasteiger partial charge in [-0.1, -0.05) is 32.0 Å². The zero-order valence-corrected chi connectivity index (χ0v) is 12.4. The highest BCUT2D eigenvalue weighted by atomic mass is 16.5. The fourth-order valence-electron chi connectivity index (χ4n) is 1.83. The molecule has 0 radical (unpaired) electrons. The molecule has 0 aliphatic rings. The van der Waals surface area contributed by atoms with Crippen molar-refractivity contribution >= 4 is 0 Å². The smallest absolute Gasteiger partial charge is 0.130 e. The summed E-state index contributed by atoms with van der Waals surface area (Å²) in [4.78, 5) is 4.43. The number of benzene rings is 1. The molecule has 1 aromatic carbocycles. The summed E-state index contributed by atoms with van der Waals surface area (Å²) in [5.74, 6) is 0.886. The number of rotatable bonds is 6. The van der Waals surface area contributed by atoms with Crippen LogP contribution < -0.4 is 10.1 Å². The lowest BCUT2D eigenvalue weighted by Gasteiger charge is -2.09. The highest BCUT2D eigenvalue weighted by Crippen LogP contribution is 2.14. The number of nitrogens with zero attached hydrogens (tertiary/aromatic N) is 1. The molecule has 20 heavy (non-hydrogen) atoms. The van der Waals surface area contributed by atoms with Crippen LogP contribution in [-0.2, 0) is 13.2 Å². The molecule has 1 N–H and O–H groups in total. The van der Waals surface area contributed by atoms with Gasteiger partial charge in [-0.15, -0.1) is 0 Å².